The Kier molecular flexibility index (Phi) is 3.10. The minimum Gasteiger partial charge on any atom is -0.469 e. The van der Waals surface area contributed by atoms with Crippen molar-refractivity contribution >= 4 is 17.4 Å². The van der Waals surface area contributed by atoms with Crippen molar-refractivity contribution in [2.45, 2.75) is 13.5 Å². The van der Waals surface area contributed by atoms with Gasteiger partial charge in [-0.2, -0.15) is 0 Å². The first-order chi connectivity index (χ1) is 7.66. The Labute approximate surface area is 98.9 Å². The van der Waals surface area contributed by atoms with Crippen LogP contribution in [0, 0.1) is 6.92 Å². The molecule has 0 spiro atoms. The van der Waals surface area contributed by atoms with Crippen LogP contribution in [0.5, 0.6) is 0 Å². The minimum atomic E-state index is 0.258. The Morgan fingerprint density at radius 1 is 1.44 bits per heavy atom. The van der Waals surface area contributed by atoms with Crippen LogP contribution in [0.2, 0.25) is 5.28 Å². The lowest BCUT2D eigenvalue weighted by molar-refractivity contribution is 0.529. The molecule has 0 aliphatic carbocycles. The molecule has 2 aromatic heterocycles. The Morgan fingerprint density at radius 3 is 2.88 bits per heavy atom. The highest BCUT2D eigenvalue weighted by Crippen LogP contribution is 2.16. The van der Waals surface area contributed by atoms with Gasteiger partial charge in [-0.3, -0.25) is 0 Å². The summed E-state index contributed by atoms with van der Waals surface area (Å²) in [5.74, 6) is 1.72. The highest BCUT2D eigenvalue weighted by atomic mass is 35.5. The van der Waals surface area contributed by atoms with E-state index in [0.717, 1.165) is 23.7 Å². The quantitative estimate of drug-likeness (QED) is 0.770. The average molecular weight is 238 g/mol. The van der Waals surface area contributed by atoms with Gasteiger partial charge < -0.3 is 9.32 Å². The number of hydrogen-bond acceptors (Lipinski definition) is 4. The molecule has 0 saturated carbocycles. The third kappa shape index (κ3) is 2.33. The van der Waals surface area contributed by atoms with Crippen molar-refractivity contribution in [1.29, 1.82) is 0 Å². The predicted molar refractivity (Wildman–Crippen MR) is 62.6 cm³/mol. The molecule has 0 fully saturated rings. The Balaban J connectivity index is 2.14. The molecule has 0 aromatic carbocycles. The molecule has 2 rings (SSSR count). The van der Waals surface area contributed by atoms with Gasteiger partial charge in [-0.15, -0.1) is 0 Å². The number of halogens is 1. The van der Waals surface area contributed by atoms with Crippen LogP contribution in [0.1, 0.15) is 11.3 Å². The number of rotatable bonds is 3. The zero-order chi connectivity index (χ0) is 11.5. The molecule has 0 aliphatic rings. The fourth-order valence-corrected chi connectivity index (χ4v) is 1.59. The number of aromatic nitrogens is 2. The predicted octanol–water partition coefficient (Wildman–Crippen LogP) is 2.67. The Hall–Kier alpha value is -1.55. The van der Waals surface area contributed by atoms with Gasteiger partial charge in [-0.1, -0.05) is 0 Å². The van der Waals surface area contributed by atoms with E-state index in [0.29, 0.717) is 0 Å². The van der Waals surface area contributed by atoms with Crippen molar-refractivity contribution in [1.82, 2.24) is 9.97 Å². The van der Waals surface area contributed by atoms with Gasteiger partial charge in [0, 0.05) is 25.4 Å². The van der Waals surface area contributed by atoms with Crippen LogP contribution in [0.15, 0.2) is 29.0 Å². The number of nitrogens with zero attached hydrogens (tertiary/aromatic N) is 3. The van der Waals surface area contributed by atoms with Gasteiger partial charge in [0.05, 0.1) is 6.26 Å². The molecule has 5 heteroatoms. The molecular weight excluding hydrogens is 226 g/mol. The van der Waals surface area contributed by atoms with E-state index in [4.69, 9.17) is 16.0 Å². The molecule has 0 amide bonds. The summed E-state index contributed by atoms with van der Waals surface area (Å²) in [5, 5.41) is 0.258. The van der Waals surface area contributed by atoms with Gasteiger partial charge in [0.2, 0.25) is 5.28 Å². The van der Waals surface area contributed by atoms with E-state index in [1.54, 1.807) is 12.5 Å². The van der Waals surface area contributed by atoms with Crippen LogP contribution >= 0.6 is 11.6 Å². The van der Waals surface area contributed by atoms with E-state index in [1.165, 1.54) is 0 Å². The van der Waals surface area contributed by atoms with Crippen LogP contribution < -0.4 is 4.90 Å². The van der Waals surface area contributed by atoms with E-state index in [-0.39, 0.29) is 5.28 Å². The molecule has 0 saturated heterocycles. The molecule has 4 nitrogen and oxygen atoms in total. The average Bonchev–Trinajstić information content (AvgIpc) is 2.64. The first-order valence-corrected chi connectivity index (χ1v) is 5.27. The second-order valence-corrected chi connectivity index (χ2v) is 3.88. The normalized spacial score (nSPS) is 10.4. The van der Waals surface area contributed by atoms with Crippen LogP contribution in [-0.4, -0.2) is 17.0 Å². The fourth-order valence-electron chi connectivity index (χ4n) is 1.45. The van der Waals surface area contributed by atoms with E-state index in [1.807, 2.05) is 31.0 Å². The standard InChI is InChI=1S/C11H12ClN3O/c1-8-9(4-6-16-8)7-15(2)10-3-5-13-11(12)14-10/h3-6H,7H2,1-2H3. The van der Waals surface area contributed by atoms with Gasteiger partial charge >= 0.3 is 0 Å². The lowest BCUT2D eigenvalue weighted by Crippen LogP contribution is -2.17. The smallest absolute Gasteiger partial charge is 0.224 e. The van der Waals surface area contributed by atoms with E-state index in [9.17, 15) is 0 Å². The first kappa shape index (κ1) is 11.0. The van der Waals surface area contributed by atoms with Crippen LogP contribution in [0.4, 0.5) is 5.82 Å². The fraction of sp³-hybridized carbons (Fsp3) is 0.273. The van der Waals surface area contributed by atoms with Crippen molar-refractivity contribution in [2.75, 3.05) is 11.9 Å². The van der Waals surface area contributed by atoms with Gasteiger partial charge in [0.25, 0.3) is 0 Å². The number of furan rings is 1. The van der Waals surface area contributed by atoms with Crippen molar-refractivity contribution in [3.05, 3.63) is 41.2 Å². The summed E-state index contributed by atoms with van der Waals surface area (Å²) in [7, 11) is 1.95. The van der Waals surface area contributed by atoms with Crippen molar-refractivity contribution in [2.24, 2.45) is 0 Å². The summed E-state index contributed by atoms with van der Waals surface area (Å²) in [6, 6.07) is 3.77. The van der Waals surface area contributed by atoms with E-state index < -0.39 is 0 Å². The summed E-state index contributed by atoms with van der Waals surface area (Å²) >= 11 is 5.73. The highest BCUT2D eigenvalue weighted by molar-refractivity contribution is 6.28. The zero-order valence-corrected chi connectivity index (χ0v) is 9.90. The van der Waals surface area contributed by atoms with Gasteiger partial charge in [0.1, 0.15) is 11.6 Å². The molecular formula is C11H12ClN3O. The maximum absolute atomic E-state index is 5.73. The number of hydrogen-bond donors (Lipinski definition) is 0. The summed E-state index contributed by atoms with van der Waals surface area (Å²) < 4.78 is 5.24. The van der Waals surface area contributed by atoms with Crippen molar-refractivity contribution in [3.8, 4) is 0 Å². The monoisotopic (exact) mass is 237 g/mol. The maximum atomic E-state index is 5.73. The molecule has 84 valence electrons. The van der Waals surface area contributed by atoms with E-state index in [2.05, 4.69) is 9.97 Å². The molecule has 0 N–H and O–H groups in total. The number of anilines is 1. The van der Waals surface area contributed by atoms with Gasteiger partial charge in [-0.05, 0) is 30.7 Å². The van der Waals surface area contributed by atoms with Gasteiger partial charge in [0.15, 0.2) is 0 Å². The largest absolute Gasteiger partial charge is 0.469 e. The summed E-state index contributed by atoms with van der Waals surface area (Å²) in [4.78, 5) is 9.97. The SMILES string of the molecule is Cc1occc1CN(C)c1ccnc(Cl)n1. The van der Waals surface area contributed by atoms with Crippen molar-refractivity contribution in [3.63, 3.8) is 0 Å². The summed E-state index contributed by atoms with van der Waals surface area (Å²) in [5.41, 5.74) is 1.14. The molecule has 0 bridgehead atoms. The van der Waals surface area contributed by atoms with Crippen LogP contribution in [0.25, 0.3) is 0 Å². The third-order valence-corrected chi connectivity index (χ3v) is 2.56. The Bertz CT molecular complexity index is 484. The molecule has 0 atom stereocenters. The second-order valence-electron chi connectivity index (χ2n) is 3.54. The molecule has 2 heterocycles. The van der Waals surface area contributed by atoms with E-state index >= 15 is 0 Å². The van der Waals surface area contributed by atoms with Crippen LogP contribution in [0.3, 0.4) is 0 Å². The van der Waals surface area contributed by atoms with Gasteiger partial charge in [-0.25, -0.2) is 9.97 Å². The van der Waals surface area contributed by atoms with Crippen molar-refractivity contribution < 1.29 is 4.42 Å². The second kappa shape index (κ2) is 4.53. The minimum absolute atomic E-state index is 0.258. The number of aryl methyl sites for hydroxylation is 1. The molecule has 0 radical (unpaired) electrons. The molecule has 2 aromatic rings. The van der Waals surface area contributed by atoms with Crippen LogP contribution in [-0.2, 0) is 6.54 Å². The summed E-state index contributed by atoms with van der Waals surface area (Å²) in [6.07, 6.45) is 3.33. The lowest BCUT2D eigenvalue weighted by atomic mass is 10.2. The molecule has 0 unspecified atom stereocenters. The zero-order valence-electron chi connectivity index (χ0n) is 9.14. The first-order valence-electron chi connectivity index (χ1n) is 4.89. The highest BCUT2D eigenvalue weighted by Gasteiger charge is 2.07. The topological polar surface area (TPSA) is 42.2 Å². The molecule has 0 aliphatic heterocycles. The Morgan fingerprint density at radius 2 is 2.25 bits per heavy atom. The summed E-state index contributed by atoms with van der Waals surface area (Å²) in [6.45, 7) is 2.67. The maximum Gasteiger partial charge on any atom is 0.224 e. The lowest BCUT2D eigenvalue weighted by Gasteiger charge is -2.17. The molecule has 16 heavy (non-hydrogen) atoms. The third-order valence-electron chi connectivity index (χ3n) is 2.38.